The first-order valence-electron chi connectivity index (χ1n) is 9.52. The molecule has 164 valence electrons. The molecule has 1 amide bonds. The number of anilines is 1. The van der Waals surface area contributed by atoms with Gasteiger partial charge in [0.05, 0.1) is 29.6 Å². The normalized spacial score (nSPS) is 15.7. The summed E-state index contributed by atoms with van der Waals surface area (Å²) in [5.41, 5.74) is 4.62. The van der Waals surface area contributed by atoms with Crippen molar-refractivity contribution >= 4 is 40.0 Å². The molecule has 0 fully saturated rings. The molecule has 0 bridgehead atoms. The average Bonchev–Trinajstić information content (AvgIpc) is 3.39. The van der Waals surface area contributed by atoms with Gasteiger partial charge in [-0.15, -0.1) is 0 Å². The number of carbonyl (C=O) groups is 1. The van der Waals surface area contributed by atoms with Gasteiger partial charge < -0.3 is 15.4 Å². The number of benzene rings is 2. The third-order valence-corrected chi connectivity index (χ3v) is 6.11. The summed E-state index contributed by atoms with van der Waals surface area (Å²) in [6, 6.07) is 8.99. The Kier molecular flexibility index (Phi) is 4.66. The van der Waals surface area contributed by atoms with Gasteiger partial charge in [-0.1, -0.05) is 6.07 Å². The standard InChI is InChI=1S/C21H16F3N5O2S/c1-28(17-9-31-18-7-12(3-4-13(17)18)32-21(22,23)24)20(30)11-2-5-14-15(6-11)29-10-26-8-16(29)19(25)27-14/h2-8,10,17H,9H2,1H3,(H2,25,27)/t17-/m1/s1. The Labute approximate surface area is 184 Å². The quantitative estimate of drug-likeness (QED) is 0.460. The molecule has 0 spiro atoms. The van der Waals surface area contributed by atoms with Crippen LogP contribution in [0.3, 0.4) is 0 Å². The van der Waals surface area contributed by atoms with Crippen LogP contribution in [0, 0.1) is 0 Å². The van der Waals surface area contributed by atoms with Gasteiger partial charge >= 0.3 is 5.51 Å². The first-order valence-corrected chi connectivity index (χ1v) is 10.3. The minimum atomic E-state index is -4.38. The van der Waals surface area contributed by atoms with Gasteiger partial charge in [0.1, 0.15) is 23.7 Å². The summed E-state index contributed by atoms with van der Waals surface area (Å²) in [4.78, 5) is 23.2. The number of rotatable bonds is 3. The molecule has 2 N–H and O–H groups in total. The van der Waals surface area contributed by atoms with Crippen LogP contribution in [0.15, 0.2) is 53.8 Å². The molecule has 0 saturated heterocycles. The largest absolute Gasteiger partial charge is 0.491 e. The molecule has 1 atom stereocenters. The minimum absolute atomic E-state index is 0.0385. The van der Waals surface area contributed by atoms with Gasteiger partial charge in [-0.3, -0.25) is 9.20 Å². The lowest BCUT2D eigenvalue weighted by Crippen LogP contribution is -2.32. The smallest absolute Gasteiger partial charge is 0.446 e. The minimum Gasteiger partial charge on any atom is -0.491 e. The number of aromatic nitrogens is 3. The third-order valence-electron chi connectivity index (χ3n) is 5.39. The lowest BCUT2D eigenvalue weighted by atomic mass is 10.1. The summed E-state index contributed by atoms with van der Waals surface area (Å²) in [5.74, 6) is 0.434. The van der Waals surface area contributed by atoms with Crippen LogP contribution in [-0.2, 0) is 0 Å². The maximum atomic E-state index is 13.2. The number of alkyl halides is 3. The molecular weight excluding hydrogens is 443 g/mol. The lowest BCUT2D eigenvalue weighted by Gasteiger charge is -2.24. The summed E-state index contributed by atoms with van der Waals surface area (Å²) in [5, 5.41) is 0. The van der Waals surface area contributed by atoms with E-state index in [1.807, 2.05) is 0 Å². The van der Waals surface area contributed by atoms with E-state index in [1.165, 1.54) is 17.0 Å². The number of nitrogens with zero attached hydrogens (tertiary/aromatic N) is 4. The van der Waals surface area contributed by atoms with Crippen LogP contribution in [-0.4, -0.2) is 44.3 Å². The highest BCUT2D eigenvalue weighted by molar-refractivity contribution is 8.00. The van der Waals surface area contributed by atoms with E-state index in [-0.39, 0.29) is 29.2 Å². The predicted molar refractivity (Wildman–Crippen MR) is 114 cm³/mol. The summed E-state index contributed by atoms with van der Waals surface area (Å²) in [7, 11) is 1.64. The molecule has 3 heterocycles. The van der Waals surface area contributed by atoms with E-state index in [9.17, 15) is 18.0 Å². The second-order valence-electron chi connectivity index (χ2n) is 7.34. The zero-order valence-electron chi connectivity index (χ0n) is 16.6. The summed E-state index contributed by atoms with van der Waals surface area (Å²) >= 11 is -0.200. The van der Waals surface area contributed by atoms with E-state index in [0.29, 0.717) is 39.2 Å². The Balaban J connectivity index is 1.45. The van der Waals surface area contributed by atoms with Crippen molar-refractivity contribution in [3.63, 3.8) is 0 Å². The van der Waals surface area contributed by atoms with Gasteiger partial charge in [0, 0.05) is 23.1 Å². The number of nitrogens with two attached hydrogens (primary N) is 1. The molecule has 32 heavy (non-hydrogen) atoms. The molecule has 7 nitrogen and oxygen atoms in total. The van der Waals surface area contributed by atoms with Crippen molar-refractivity contribution < 1.29 is 22.7 Å². The molecule has 0 unspecified atom stereocenters. The Bertz CT molecular complexity index is 1370. The number of imidazole rings is 1. The molecule has 4 aromatic rings. The monoisotopic (exact) mass is 459 g/mol. The second kappa shape index (κ2) is 7.30. The van der Waals surface area contributed by atoms with Crippen LogP contribution in [0.25, 0.3) is 16.6 Å². The molecule has 0 saturated carbocycles. The van der Waals surface area contributed by atoms with Gasteiger partial charge in [0.25, 0.3) is 5.91 Å². The first-order chi connectivity index (χ1) is 15.2. The van der Waals surface area contributed by atoms with Crippen LogP contribution in [0.2, 0.25) is 0 Å². The third kappa shape index (κ3) is 3.48. The molecule has 5 rings (SSSR count). The number of carbonyl (C=O) groups excluding carboxylic acids is 1. The topological polar surface area (TPSA) is 85.8 Å². The van der Waals surface area contributed by atoms with Gasteiger partial charge in [0.2, 0.25) is 0 Å². The van der Waals surface area contributed by atoms with E-state index in [1.54, 1.807) is 48.2 Å². The van der Waals surface area contributed by atoms with E-state index >= 15 is 0 Å². The number of fused-ring (bicyclic) bond motifs is 4. The molecule has 0 radical (unpaired) electrons. The number of thioether (sulfide) groups is 1. The first kappa shape index (κ1) is 20.4. The number of likely N-dealkylation sites (N-methyl/N-ethyl adjacent to an activating group) is 1. The van der Waals surface area contributed by atoms with E-state index in [0.717, 1.165) is 0 Å². The Morgan fingerprint density at radius 3 is 2.84 bits per heavy atom. The Morgan fingerprint density at radius 1 is 1.25 bits per heavy atom. The maximum Gasteiger partial charge on any atom is 0.446 e. The molecule has 1 aliphatic rings. The van der Waals surface area contributed by atoms with Crippen molar-refractivity contribution in [2.24, 2.45) is 0 Å². The van der Waals surface area contributed by atoms with Crippen molar-refractivity contribution in [3.8, 4) is 5.75 Å². The fourth-order valence-electron chi connectivity index (χ4n) is 3.84. The molecular formula is C21H16F3N5O2S. The molecule has 1 aliphatic heterocycles. The fourth-order valence-corrected chi connectivity index (χ4v) is 4.41. The van der Waals surface area contributed by atoms with Crippen molar-refractivity contribution in [1.29, 1.82) is 0 Å². The summed E-state index contributed by atoms with van der Waals surface area (Å²) in [6.07, 6.45) is 3.20. The van der Waals surface area contributed by atoms with Gasteiger partial charge in [-0.25, -0.2) is 9.97 Å². The predicted octanol–water partition coefficient (Wildman–Crippen LogP) is 4.28. The van der Waals surface area contributed by atoms with Crippen LogP contribution in [0.5, 0.6) is 5.75 Å². The highest BCUT2D eigenvalue weighted by Crippen LogP contribution is 2.42. The van der Waals surface area contributed by atoms with Crippen molar-refractivity contribution in [1.82, 2.24) is 19.3 Å². The zero-order chi connectivity index (χ0) is 22.6. The van der Waals surface area contributed by atoms with Crippen LogP contribution >= 0.6 is 11.8 Å². The fraction of sp³-hybridized carbons (Fsp3) is 0.190. The highest BCUT2D eigenvalue weighted by Gasteiger charge is 2.33. The number of amides is 1. The summed E-state index contributed by atoms with van der Waals surface area (Å²) in [6.45, 7) is 0.162. The Morgan fingerprint density at radius 2 is 2.06 bits per heavy atom. The summed E-state index contributed by atoms with van der Waals surface area (Å²) < 4.78 is 45.3. The number of hydrogen-bond acceptors (Lipinski definition) is 6. The Hall–Kier alpha value is -3.47. The van der Waals surface area contributed by atoms with Crippen LogP contribution < -0.4 is 10.5 Å². The SMILES string of the molecule is CN(C(=O)c1ccc2nc(N)c3cncn3c2c1)[C@@H]1COc2cc(SC(F)(F)F)ccc21. The molecule has 11 heteroatoms. The number of halogens is 3. The van der Waals surface area contributed by atoms with Gasteiger partial charge in [0.15, 0.2) is 0 Å². The van der Waals surface area contributed by atoms with E-state index in [2.05, 4.69) is 9.97 Å². The number of hydrogen-bond donors (Lipinski definition) is 1. The molecule has 2 aromatic heterocycles. The van der Waals surface area contributed by atoms with E-state index in [4.69, 9.17) is 10.5 Å². The van der Waals surface area contributed by atoms with E-state index < -0.39 is 11.6 Å². The molecule has 2 aromatic carbocycles. The number of ether oxygens (including phenoxy) is 1. The lowest BCUT2D eigenvalue weighted by molar-refractivity contribution is -0.0328. The van der Waals surface area contributed by atoms with Crippen molar-refractivity contribution in [2.75, 3.05) is 19.4 Å². The second-order valence-corrected chi connectivity index (χ2v) is 8.48. The van der Waals surface area contributed by atoms with Gasteiger partial charge in [-0.2, -0.15) is 13.2 Å². The highest BCUT2D eigenvalue weighted by atomic mass is 32.2. The maximum absolute atomic E-state index is 13.2. The van der Waals surface area contributed by atoms with Crippen molar-refractivity contribution in [3.05, 3.63) is 60.0 Å². The van der Waals surface area contributed by atoms with Crippen molar-refractivity contribution in [2.45, 2.75) is 16.4 Å². The number of nitrogen functional groups attached to an aromatic ring is 1. The molecule has 0 aliphatic carbocycles. The zero-order valence-corrected chi connectivity index (χ0v) is 17.4. The van der Waals surface area contributed by atoms with Crippen LogP contribution in [0.1, 0.15) is 22.0 Å². The van der Waals surface area contributed by atoms with Gasteiger partial charge in [-0.05, 0) is 42.1 Å². The average molecular weight is 459 g/mol. The van der Waals surface area contributed by atoms with Crippen LogP contribution in [0.4, 0.5) is 19.0 Å².